The van der Waals surface area contributed by atoms with Gasteiger partial charge < -0.3 is 4.90 Å². The summed E-state index contributed by atoms with van der Waals surface area (Å²) in [6.45, 7) is 4.72. The molecule has 1 spiro atoms. The van der Waals surface area contributed by atoms with Gasteiger partial charge in [-0.3, -0.25) is 0 Å². The van der Waals surface area contributed by atoms with Crippen LogP contribution in [0.2, 0.25) is 0 Å². The van der Waals surface area contributed by atoms with E-state index in [4.69, 9.17) is 6.58 Å². The summed E-state index contributed by atoms with van der Waals surface area (Å²) >= 11 is 0. The van der Waals surface area contributed by atoms with Crippen molar-refractivity contribution in [3.8, 4) is 0 Å². The molecule has 4 aromatic carbocycles. The minimum atomic E-state index is 0.0695. The van der Waals surface area contributed by atoms with Crippen LogP contribution in [0, 0.1) is 0 Å². The summed E-state index contributed by atoms with van der Waals surface area (Å²) in [5, 5.41) is 5.30. The van der Waals surface area contributed by atoms with E-state index in [1.807, 2.05) is 0 Å². The van der Waals surface area contributed by atoms with Crippen molar-refractivity contribution in [1.82, 2.24) is 0 Å². The summed E-state index contributed by atoms with van der Waals surface area (Å²) in [6, 6.07) is 28.9. The smallest absolute Gasteiger partial charge is 0.0506 e. The molecule has 29 heavy (non-hydrogen) atoms. The van der Waals surface area contributed by atoms with Crippen molar-refractivity contribution in [1.29, 1.82) is 0 Å². The highest BCUT2D eigenvalue weighted by molar-refractivity contribution is 5.98. The first-order valence-corrected chi connectivity index (χ1v) is 10.8. The molecule has 1 aliphatic heterocycles. The van der Waals surface area contributed by atoms with E-state index in [1.165, 1.54) is 76.3 Å². The van der Waals surface area contributed by atoms with Gasteiger partial charge in [0.2, 0.25) is 0 Å². The fraction of sp³-hybridized carbons (Fsp3) is 0.214. The van der Waals surface area contributed by atoms with Gasteiger partial charge in [0, 0.05) is 16.8 Å². The van der Waals surface area contributed by atoms with Gasteiger partial charge in [0.05, 0.1) is 5.69 Å². The molecular formula is C28H25N. The molecule has 1 heterocycles. The van der Waals surface area contributed by atoms with Crippen LogP contribution >= 0.6 is 0 Å². The topological polar surface area (TPSA) is 3.24 Å². The number of allylic oxidation sites excluding steroid dienone is 1. The second-order valence-corrected chi connectivity index (χ2v) is 8.64. The number of benzene rings is 4. The van der Waals surface area contributed by atoms with Gasteiger partial charge in [-0.2, -0.15) is 0 Å². The predicted octanol–water partition coefficient (Wildman–Crippen LogP) is 7.86. The summed E-state index contributed by atoms with van der Waals surface area (Å²) in [5.74, 6) is 0. The maximum absolute atomic E-state index is 4.72. The zero-order valence-electron chi connectivity index (χ0n) is 16.7. The molecule has 2 aliphatic rings. The van der Waals surface area contributed by atoms with Crippen molar-refractivity contribution >= 4 is 32.9 Å². The molecule has 6 rings (SSSR count). The second-order valence-electron chi connectivity index (χ2n) is 8.64. The molecule has 4 aromatic rings. The first-order chi connectivity index (χ1) is 14.3. The van der Waals surface area contributed by atoms with Gasteiger partial charge >= 0.3 is 0 Å². The summed E-state index contributed by atoms with van der Waals surface area (Å²) in [6.07, 6.45) is 6.32. The summed E-state index contributed by atoms with van der Waals surface area (Å²) in [5.41, 5.74) is 5.39. The van der Waals surface area contributed by atoms with Gasteiger partial charge in [-0.25, -0.2) is 0 Å². The molecule has 142 valence electrons. The van der Waals surface area contributed by atoms with Crippen LogP contribution in [0.1, 0.15) is 37.7 Å². The lowest BCUT2D eigenvalue weighted by atomic mass is 9.68. The molecule has 1 nitrogen and oxygen atoms in total. The van der Waals surface area contributed by atoms with E-state index in [0.717, 1.165) is 0 Å². The number of anilines is 2. The molecule has 1 heteroatoms. The summed E-state index contributed by atoms with van der Waals surface area (Å²) < 4.78 is 0. The average molecular weight is 376 g/mol. The highest BCUT2D eigenvalue weighted by Crippen LogP contribution is 2.58. The molecular weight excluding hydrogens is 350 g/mol. The number of rotatable bonds is 1. The van der Waals surface area contributed by atoms with Gasteiger partial charge in [0.1, 0.15) is 0 Å². The van der Waals surface area contributed by atoms with Crippen molar-refractivity contribution in [2.75, 3.05) is 4.90 Å². The van der Waals surface area contributed by atoms with Crippen molar-refractivity contribution in [3.63, 3.8) is 0 Å². The third kappa shape index (κ3) is 2.34. The van der Waals surface area contributed by atoms with Crippen molar-refractivity contribution in [2.24, 2.45) is 0 Å². The van der Waals surface area contributed by atoms with Crippen LogP contribution < -0.4 is 4.90 Å². The lowest BCUT2D eigenvalue weighted by Gasteiger charge is -2.37. The van der Waals surface area contributed by atoms with E-state index in [-0.39, 0.29) is 5.41 Å². The molecule has 0 radical (unpaired) electrons. The monoisotopic (exact) mass is 375 g/mol. The maximum Gasteiger partial charge on any atom is 0.0506 e. The van der Waals surface area contributed by atoms with Gasteiger partial charge in [-0.15, -0.1) is 0 Å². The summed E-state index contributed by atoms with van der Waals surface area (Å²) in [7, 11) is 0. The fourth-order valence-corrected chi connectivity index (χ4v) is 5.76. The molecule has 0 saturated heterocycles. The molecule has 0 unspecified atom stereocenters. The number of nitrogens with zero attached hydrogens (tertiary/aromatic N) is 1. The summed E-state index contributed by atoms with van der Waals surface area (Å²) in [4.78, 5) is 2.44. The van der Waals surface area contributed by atoms with Crippen molar-refractivity contribution in [3.05, 3.63) is 96.7 Å². The van der Waals surface area contributed by atoms with E-state index >= 15 is 0 Å². The molecule has 1 saturated carbocycles. The lowest BCUT2D eigenvalue weighted by Crippen LogP contribution is -2.31. The van der Waals surface area contributed by atoms with E-state index in [0.29, 0.717) is 0 Å². The van der Waals surface area contributed by atoms with E-state index in [9.17, 15) is 0 Å². The molecule has 0 N–H and O–H groups in total. The minimum Gasteiger partial charge on any atom is -0.314 e. The Morgan fingerprint density at radius 3 is 2.21 bits per heavy atom. The third-order valence-electron chi connectivity index (χ3n) is 7.15. The number of hydrogen-bond donors (Lipinski definition) is 0. The van der Waals surface area contributed by atoms with E-state index in [1.54, 1.807) is 0 Å². The zero-order valence-corrected chi connectivity index (χ0v) is 16.7. The maximum atomic E-state index is 4.72. The van der Waals surface area contributed by atoms with Crippen LogP contribution in [0.5, 0.6) is 0 Å². The van der Waals surface area contributed by atoms with Crippen LogP contribution in [0.15, 0.2) is 91.1 Å². The van der Waals surface area contributed by atoms with Crippen LogP contribution in [0.4, 0.5) is 11.4 Å². The zero-order chi connectivity index (χ0) is 19.4. The fourth-order valence-electron chi connectivity index (χ4n) is 5.76. The Hall–Kier alpha value is -3.06. The largest absolute Gasteiger partial charge is 0.314 e. The highest BCUT2D eigenvalue weighted by Gasteiger charge is 2.48. The predicted molar refractivity (Wildman–Crippen MR) is 124 cm³/mol. The molecule has 1 aliphatic carbocycles. The van der Waals surface area contributed by atoms with Crippen LogP contribution in [0.25, 0.3) is 21.5 Å². The Bertz CT molecular complexity index is 1260. The van der Waals surface area contributed by atoms with Gasteiger partial charge in [0.15, 0.2) is 0 Å². The molecule has 0 aromatic heterocycles. The first-order valence-electron chi connectivity index (χ1n) is 10.8. The molecule has 0 atom stereocenters. The Kier molecular flexibility index (Phi) is 3.61. The van der Waals surface area contributed by atoms with Gasteiger partial charge in [-0.1, -0.05) is 86.5 Å². The number of fused-ring (bicyclic) bond motifs is 5. The van der Waals surface area contributed by atoms with E-state index in [2.05, 4.69) is 83.8 Å². The van der Waals surface area contributed by atoms with E-state index < -0.39 is 0 Å². The first kappa shape index (κ1) is 16.9. The van der Waals surface area contributed by atoms with Gasteiger partial charge in [0.25, 0.3) is 0 Å². The lowest BCUT2D eigenvalue weighted by molar-refractivity contribution is 0.350. The molecule has 1 fully saturated rings. The molecule has 0 amide bonds. The quantitative estimate of drug-likeness (QED) is 0.327. The minimum absolute atomic E-state index is 0.0695. The van der Waals surface area contributed by atoms with Crippen LogP contribution in [0.3, 0.4) is 0 Å². The molecule has 0 bridgehead atoms. The normalized spacial score (nSPS) is 17.9. The highest BCUT2D eigenvalue weighted by atomic mass is 15.2. The van der Waals surface area contributed by atoms with Crippen molar-refractivity contribution in [2.45, 2.75) is 37.5 Å². The second kappa shape index (κ2) is 6.22. The Labute approximate surface area is 172 Å². The van der Waals surface area contributed by atoms with Crippen molar-refractivity contribution < 1.29 is 0 Å². The average Bonchev–Trinajstić information content (AvgIpc) is 3.02. The Morgan fingerprint density at radius 1 is 0.690 bits per heavy atom. The third-order valence-corrected chi connectivity index (χ3v) is 7.15. The van der Waals surface area contributed by atoms with Crippen LogP contribution in [-0.2, 0) is 5.41 Å². The Balaban J connectivity index is 1.63. The van der Waals surface area contributed by atoms with Crippen LogP contribution in [-0.4, -0.2) is 0 Å². The Morgan fingerprint density at radius 2 is 1.38 bits per heavy atom. The van der Waals surface area contributed by atoms with Gasteiger partial charge in [-0.05, 0) is 58.1 Å². The number of hydrogen-bond acceptors (Lipinski definition) is 1. The standard InChI is InChI=1S/C28H25N/c1-20-28(17-7-2-8-18-28)27-25-12-6-5-10-22(25)14-16-26(27)29(20)24-15-13-21-9-3-4-11-23(21)19-24/h3-6,9-16,19H,1-2,7-8,17-18H2. The SMILES string of the molecule is C=C1N(c2ccc3ccccc3c2)c2ccc3ccccc3c2C12CCCCC2.